The largest absolute Gasteiger partial charge is 0.497 e. The summed E-state index contributed by atoms with van der Waals surface area (Å²) in [5, 5.41) is 0. The molecule has 0 N–H and O–H groups in total. The van der Waals surface area contributed by atoms with E-state index in [-0.39, 0.29) is 11.5 Å². The topological polar surface area (TPSA) is 71.1 Å². The maximum atomic E-state index is 12.6. The predicted octanol–water partition coefficient (Wildman–Crippen LogP) is 4.54. The van der Waals surface area contributed by atoms with Crippen LogP contribution in [0.5, 0.6) is 23.0 Å². The van der Waals surface area contributed by atoms with Gasteiger partial charge in [0.2, 0.25) is 5.78 Å². The van der Waals surface area contributed by atoms with Crippen LogP contribution in [-0.2, 0) is 0 Å². The molecule has 1 aliphatic rings. The van der Waals surface area contributed by atoms with E-state index in [1.165, 1.54) is 0 Å². The Labute approximate surface area is 173 Å². The average molecular weight is 402 g/mol. The third kappa shape index (κ3) is 3.89. The zero-order chi connectivity index (χ0) is 21.1. The summed E-state index contributed by atoms with van der Waals surface area (Å²) in [4.78, 5) is 24.9. The molecule has 0 saturated carbocycles. The first-order chi connectivity index (χ1) is 14.6. The monoisotopic (exact) mass is 402 g/mol. The van der Waals surface area contributed by atoms with E-state index in [1.807, 2.05) is 0 Å². The van der Waals surface area contributed by atoms with Gasteiger partial charge in [-0.15, -0.1) is 0 Å². The Balaban J connectivity index is 1.52. The van der Waals surface area contributed by atoms with Crippen LogP contribution in [0.2, 0.25) is 0 Å². The number of carbonyl (C=O) groups is 2. The maximum absolute atomic E-state index is 12.6. The van der Waals surface area contributed by atoms with Gasteiger partial charge in [0, 0.05) is 6.07 Å². The van der Waals surface area contributed by atoms with E-state index in [0.717, 1.165) is 0 Å². The second kappa shape index (κ2) is 8.13. The van der Waals surface area contributed by atoms with Gasteiger partial charge in [0.25, 0.3) is 0 Å². The number of benzene rings is 3. The van der Waals surface area contributed by atoms with Gasteiger partial charge >= 0.3 is 5.97 Å². The first-order valence-corrected chi connectivity index (χ1v) is 9.16. The van der Waals surface area contributed by atoms with Crippen LogP contribution in [0.4, 0.5) is 0 Å². The number of methoxy groups -OCH3 is 2. The zero-order valence-corrected chi connectivity index (χ0v) is 16.4. The Hall–Kier alpha value is -4.06. The fourth-order valence-corrected chi connectivity index (χ4v) is 3.01. The molecule has 0 fully saturated rings. The minimum Gasteiger partial charge on any atom is -0.497 e. The number of fused-ring (bicyclic) bond motifs is 1. The van der Waals surface area contributed by atoms with E-state index in [4.69, 9.17) is 18.9 Å². The van der Waals surface area contributed by atoms with E-state index >= 15 is 0 Å². The summed E-state index contributed by atoms with van der Waals surface area (Å²) >= 11 is 0. The van der Waals surface area contributed by atoms with Gasteiger partial charge in [0.15, 0.2) is 5.76 Å². The molecule has 4 rings (SSSR count). The highest BCUT2D eigenvalue weighted by Gasteiger charge is 2.27. The molecule has 0 amide bonds. The maximum Gasteiger partial charge on any atom is 0.343 e. The molecule has 0 saturated heterocycles. The van der Waals surface area contributed by atoms with Crippen molar-refractivity contribution in [3.8, 4) is 23.0 Å². The molecule has 30 heavy (non-hydrogen) atoms. The van der Waals surface area contributed by atoms with E-state index < -0.39 is 5.97 Å². The number of rotatable bonds is 5. The molecule has 3 aromatic carbocycles. The van der Waals surface area contributed by atoms with Crippen LogP contribution in [0.3, 0.4) is 0 Å². The summed E-state index contributed by atoms with van der Waals surface area (Å²) in [6.07, 6.45) is 1.61. The molecule has 0 unspecified atom stereocenters. The van der Waals surface area contributed by atoms with E-state index in [9.17, 15) is 9.59 Å². The van der Waals surface area contributed by atoms with Gasteiger partial charge in [-0.3, -0.25) is 4.79 Å². The van der Waals surface area contributed by atoms with Crippen LogP contribution in [0.15, 0.2) is 72.5 Å². The number of hydrogen-bond acceptors (Lipinski definition) is 6. The van der Waals surface area contributed by atoms with Crippen molar-refractivity contribution in [2.45, 2.75) is 0 Å². The van der Waals surface area contributed by atoms with Gasteiger partial charge in [-0.25, -0.2) is 4.79 Å². The average Bonchev–Trinajstić information content (AvgIpc) is 3.08. The second-order valence-corrected chi connectivity index (χ2v) is 6.49. The SMILES string of the molecule is COc1ccc(C(=O)Oc2cccc(/C=C3\Oc4cc(OC)ccc4C3=O)c2)cc1. The summed E-state index contributed by atoms with van der Waals surface area (Å²) < 4.78 is 21.4. The lowest BCUT2D eigenvalue weighted by Gasteiger charge is -2.06. The quantitative estimate of drug-likeness (QED) is 0.355. The molecule has 1 heterocycles. The highest BCUT2D eigenvalue weighted by Crippen LogP contribution is 2.35. The molecule has 3 aromatic rings. The fourth-order valence-electron chi connectivity index (χ4n) is 3.01. The van der Waals surface area contributed by atoms with Crippen LogP contribution in [0, 0.1) is 0 Å². The molecule has 0 atom stereocenters. The van der Waals surface area contributed by atoms with Crippen molar-refractivity contribution in [3.05, 3.63) is 89.2 Å². The lowest BCUT2D eigenvalue weighted by Crippen LogP contribution is -2.08. The Morgan fingerprint density at radius 1 is 0.867 bits per heavy atom. The Bertz CT molecular complexity index is 1140. The first kappa shape index (κ1) is 19.3. The Morgan fingerprint density at radius 2 is 1.60 bits per heavy atom. The number of hydrogen-bond donors (Lipinski definition) is 0. The molecule has 1 aliphatic heterocycles. The number of ketones is 1. The normalized spacial score (nSPS) is 13.5. The number of esters is 1. The molecule has 6 heteroatoms. The molecule has 6 nitrogen and oxygen atoms in total. The van der Waals surface area contributed by atoms with Crippen molar-refractivity contribution in [1.29, 1.82) is 0 Å². The molecule has 0 spiro atoms. The minimum atomic E-state index is -0.491. The standard InChI is InChI=1S/C24H18O6/c1-27-17-8-6-16(7-9-17)24(26)29-19-5-3-4-15(12-19)13-22-23(25)20-11-10-18(28-2)14-21(20)30-22/h3-14H,1-2H3/b22-13-. The first-order valence-electron chi connectivity index (χ1n) is 9.16. The summed E-state index contributed by atoms with van der Waals surface area (Å²) in [6, 6.07) is 18.5. The predicted molar refractivity (Wildman–Crippen MR) is 110 cm³/mol. The van der Waals surface area contributed by atoms with Gasteiger partial charge in [-0.2, -0.15) is 0 Å². The molecule has 150 valence electrons. The number of ether oxygens (including phenoxy) is 4. The highest BCUT2D eigenvalue weighted by atomic mass is 16.5. The van der Waals surface area contributed by atoms with Crippen LogP contribution >= 0.6 is 0 Å². The summed E-state index contributed by atoms with van der Waals surface area (Å²) in [5.74, 6) is 1.55. The summed E-state index contributed by atoms with van der Waals surface area (Å²) in [7, 11) is 3.11. The van der Waals surface area contributed by atoms with Gasteiger partial charge in [-0.1, -0.05) is 12.1 Å². The number of allylic oxidation sites excluding steroid dienone is 1. The number of carbonyl (C=O) groups excluding carboxylic acids is 2. The molecule has 0 aliphatic carbocycles. The van der Waals surface area contributed by atoms with Crippen molar-refractivity contribution in [1.82, 2.24) is 0 Å². The number of Topliss-reactive ketones (excluding diaryl/α,β-unsaturated/α-hetero) is 1. The molecule has 0 radical (unpaired) electrons. The van der Waals surface area contributed by atoms with Crippen LogP contribution in [0.1, 0.15) is 26.3 Å². The summed E-state index contributed by atoms with van der Waals surface area (Å²) in [5.41, 5.74) is 1.54. The zero-order valence-electron chi connectivity index (χ0n) is 16.4. The Morgan fingerprint density at radius 3 is 2.33 bits per heavy atom. The fraction of sp³-hybridized carbons (Fsp3) is 0.0833. The highest BCUT2D eigenvalue weighted by molar-refractivity contribution is 6.14. The smallest absolute Gasteiger partial charge is 0.343 e. The van der Waals surface area contributed by atoms with Crippen molar-refractivity contribution in [2.24, 2.45) is 0 Å². The third-order valence-corrected chi connectivity index (χ3v) is 4.57. The Kier molecular flexibility index (Phi) is 5.22. The van der Waals surface area contributed by atoms with E-state index in [2.05, 4.69) is 0 Å². The van der Waals surface area contributed by atoms with E-state index in [1.54, 1.807) is 87.0 Å². The van der Waals surface area contributed by atoms with Crippen LogP contribution < -0.4 is 18.9 Å². The van der Waals surface area contributed by atoms with Gasteiger partial charge in [-0.05, 0) is 60.2 Å². The molecule has 0 aromatic heterocycles. The molecular weight excluding hydrogens is 384 g/mol. The third-order valence-electron chi connectivity index (χ3n) is 4.57. The van der Waals surface area contributed by atoms with Crippen molar-refractivity contribution in [3.63, 3.8) is 0 Å². The second-order valence-electron chi connectivity index (χ2n) is 6.49. The van der Waals surface area contributed by atoms with E-state index in [0.29, 0.717) is 39.7 Å². The summed E-state index contributed by atoms with van der Waals surface area (Å²) in [6.45, 7) is 0. The minimum absolute atomic E-state index is 0.192. The van der Waals surface area contributed by atoms with Crippen LogP contribution in [0.25, 0.3) is 6.08 Å². The molecular formula is C24H18O6. The van der Waals surface area contributed by atoms with Gasteiger partial charge in [0.05, 0.1) is 25.3 Å². The lowest BCUT2D eigenvalue weighted by molar-refractivity contribution is 0.0734. The van der Waals surface area contributed by atoms with Crippen LogP contribution in [-0.4, -0.2) is 26.0 Å². The molecule has 0 bridgehead atoms. The van der Waals surface area contributed by atoms with Gasteiger partial charge in [0.1, 0.15) is 23.0 Å². The van der Waals surface area contributed by atoms with Gasteiger partial charge < -0.3 is 18.9 Å². The van der Waals surface area contributed by atoms with Crippen molar-refractivity contribution < 1.29 is 28.5 Å². The lowest BCUT2D eigenvalue weighted by atomic mass is 10.1. The van der Waals surface area contributed by atoms with Crippen molar-refractivity contribution in [2.75, 3.05) is 14.2 Å². The van der Waals surface area contributed by atoms with Crippen molar-refractivity contribution >= 4 is 17.8 Å².